The van der Waals surface area contributed by atoms with Crippen LogP contribution in [-0.4, -0.2) is 13.2 Å². The lowest BCUT2D eigenvalue weighted by atomic mass is 10.2. The summed E-state index contributed by atoms with van der Waals surface area (Å²) in [7, 11) is 1.60. The second-order valence-corrected chi connectivity index (χ2v) is 3.29. The fraction of sp³-hybridized carbons (Fsp3) is 0.364. The molecule has 1 aliphatic rings. The van der Waals surface area contributed by atoms with E-state index >= 15 is 0 Å². The van der Waals surface area contributed by atoms with Crippen LogP contribution >= 0.6 is 0 Å². The Morgan fingerprint density at radius 2 is 2.21 bits per heavy atom. The molecule has 1 aliphatic carbocycles. The lowest BCUT2D eigenvalue weighted by molar-refractivity contribution is 0.300. The molecule has 0 bridgehead atoms. The van der Waals surface area contributed by atoms with E-state index in [0.717, 1.165) is 18.6 Å². The Balaban J connectivity index is 2.27. The number of methoxy groups -OCH3 is 1. The van der Waals surface area contributed by atoms with Crippen molar-refractivity contribution >= 4 is 0 Å². The quantitative estimate of drug-likeness (QED) is 0.731. The summed E-state index contributed by atoms with van der Waals surface area (Å²) in [6, 6.07) is 7.34. The molecule has 0 radical (unpaired) electrons. The van der Waals surface area contributed by atoms with Gasteiger partial charge in [-0.05, 0) is 25.0 Å². The molecule has 14 heavy (non-hydrogen) atoms. The van der Waals surface area contributed by atoms with Crippen molar-refractivity contribution in [1.29, 1.82) is 5.26 Å². The van der Waals surface area contributed by atoms with Crippen LogP contribution in [0.4, 0.5) is 0 Å². The number of benzene rings is 1. The Morgan fingerprint density at radius 3 is 2.79 bits per heavy atom. The highest BCUT2D eigenvalue weighted by molar-refractivity contribution is 5.47. The van der Waals surface area contributed by atoms with E-state index in [2.05, 4.69) is 6.07 Å². The van der Waals surface area contributed by atoms with E-state index in [1.807, 2.05) is 0 Å². The van der Waals surface area contributed by atoms with E-state index in [1.54, 1.807) is 25.3 Å². The van der Waals surface area contributed by atoms with Crippen LogP contribution in [0.25, 0.3) is 0 Å². The van der Waals surface area contributed by atoms with Gasteiger partial charge in [-0.25, -0.2) is 0 Å². The highest BCUT2D eigenvalue weighted by Gasteiger charge is 2.24. The predicted octanol–water partition coefficient (Wildman–Crippen LogP) is 2.11. The van der Waals surface area contributed by atoms with Crippen molar-refractivity contribution in [3.8, 4) is 17.6 Å². The summed E-state index contributed by atoms with van der Waals surface area (Å²) in [5.74, 6) is 1.36. The SMILES string of the molecule is COc1ccc(C#N)c(OC2CC2)c1. The molecule has 0 amide bonds. The average Bonchev–Trinajstić information content (AvgIpc) is 3.01. The topological polar surface area (TPSA) is 42.2 Å². The average molecular weight is 189 g/mol. The molecule has 1 aromatic carbocycles. The first-order valence-electron chi connectivity index (χ1n) is 4.58. The van der Waals surface area contributed by atoms with Crippen LogP contribution in [0, 0.1) is 11.3 Å². The van der Waals surface area contributed by atoms with Crippen molar-refractivity contribution in [2.75, 3.05) is 7.11 Å². The molecule has 0 spiro atoms. The first-order chi connectivity index (χ1) is 6.83. The van der Waals surface area contributed by atoms with E-state index in [1.165, 1.54) is 0 Å². The molecule has 2 rings (SSSR count). The van der Waals surface area contributed by atoms with Crippen molar-refractivity contribution in [3.63, 3.8) is 0 Å². The number of nitriles is 1. The summed E-state index contributed by atoms with van der Waals surface area (Å²) in [4.78, 5) is 0. The zero-order valence-electron chi connectivity index (χ0n) is 7.99. The summed E-state index contributed by atoms with van der Waals surface area (Å²) < 4.78 is 10.7. The monoisotopic (exact) mass is 189 g/mol. The molecule has 1 aromatic rings. The highest BCUT2D eigenvalue weighted by atomic mass is 16.5. The second-order valence-electron chi connectivity index (χ2n) is 3.29. The minimum absolute atomic E-state index is 0.300. The van der Waals surface area contributed by atoms with E-state index in [4.69, 9.17) is 14.7 Å². The molecule has 1 fully saturated rings. The Hall–Kier alpha value is -1.69. The summed E-state index contributed by atoms with van der Waals surface area (Å²) in [5, 5.41) is 8.84. The van der Waals surface area contributed by atoms with Crippen molar-refractivity contribution in [2.24, 2.45) is 0 Å². The standard InChI is InChI=1S/C11H11NO2/c1-13-10-3-2-8(7-12)11(6-10)14-9-4-5-9/h2-3,6,9H,4-5H2,1H3. The summed E-state index contributed by atoms with van der Waals surface area (Å²) in [5.41, 5.74) is 0.567. The molecular weight excluding hydrogens is 178 g/mol. The Labute approximate surface area is 82.9 Å². The molecule has 3 nitrogen and oxygen atoms in total. The lowest BCUT2D eigenvalue weighted by Crippen LogP contribution is -1.98. The van der Waals surface area contributed by atoms with Gasteiger partial charge in [-0.1, -0.05) is 0 Å². The van der Waals surface area contributed by atoms with Crippen LogP contribution in [0.2, 0.25) is 0 Å². The first kappa shape index (κ1) is 8.89. The molecule has 0 saturated heterocycles. The maximum Gasteiger partial charge on any atom is 0.141 e. The van der Waals surface area contributed by atoms with Gasteiger partial charge in [-0.2, -0.15) is 5.26 Å². The van der Waals surface area contributed by atoms with Crippen molar-refractivity contribution in [1.82, 2.24) is 0 Å². The molecule has 0 unspecified atom stereocenters. The van der Waals surface area contributed by atoms with Crippen LogP contribution in [-0.2, 0) is 0 Å². The van der Waals surface area contributed by atoms with Crippen LogP contribution in [0.3, 0.4) is 0 Å². The maximum atomic E-state index is 8.84. The number of rotatable bonds is 3. The molecule has 0 N–H and O–H groups in total. The van der Waals surface area contributed by atoms with Gasteiger partial charge in [0.15, 0.2) is 0 Å². The lowest BCUT2D eigenvalue weighted by Gasteiger charge is -2.07. The Kier molecular flexibility index (Phi) is 2.28. The number of hydrogen-bond donors (Lipinski definition) is 0. The smallest absolute Gasteiger partial charge is 0.141 e. The first-order valence-corrected chi connectivity index (χ1v) is 4.58. The minimum Gasteiger partial charge on any atom is -0.497 e. The zero-order valence-corrected chi connectivity index (χ0v) is 7.99. The maximum absolute atomic E-state index is 8.84. The third-order valence-corrected chi connectivity index (χ3v) is 2.13. The van der Waals surface area contributed by atoms with Crippen LogP contribution in [0.1, 0.15) is 18.4 Å². The Bertz CT molecular complexity index is 377. The molecular formula is C11H11NO2. The van der Waals surface area contributed by atoms with Crippen molar-refractivity contribution in [2.45, 2.75) is 18.9 Å². The van der Waals surface area contributed by atoms with Gasteiger partial charge in [0.2, 0.25) is 0 Å². The van der Waals surface area contributed by atoms with Gasteiger partial charge in [-0.3, -0.25) is 0 Å². The fourth-order valence-corrected chi connectivity index (χ4v) is 1.18. The number of hydrogen-bond acceptors (Lipinski definition) is 3. The molecule has 0 aromatic heterocycles. The van der Waals surface area contributed by atoms with E-state index in [9.17, 15) is 0 Å². The van der Waals surface area contributed by atoms with Crippen LogP contribution in [0.15, 0.2) is 18.2 Å². The van der Waals surface area contributed by atoms with E-state index in [-0.39, 0.29) is 0 Å². The van der Waals surface area contributed by atoms with Crippen molar-refractivity contribution in [3.05, 3.63) is 23.8 Å². The van der Waals surface area contributed by atoms with E-state index < -0.39 is 0 Å². The van der Waals surface area contributed by atoms with Gasteiger partial charge in [0, 0.05) is 6.07 Å². The molecule has 72 valence electrons. The van der Waals surface area contributed by atoms with E-state index in [0.29, 0.717) is 17.4 Å². The van der Waals surface area contributed by atoms with Crippen molar-refractivity contribution < 1.29 is 9.47 Å². The third-order valence-electron chi connectivity index (χ3n) is 2.13. The molecule has 0 aliphatic heterocycles. The molecule has 3 heteroatoms. The Morgan fingerprint density at radius 1 is 1.43 bits per heavy atom. The normalized spacial score (nSPS) is 14.6. The van der Waals surface area contributed by atoms with Gasteiger partial charge in [0.05, 0.1) is 18.8 Å². The molecule has 1 saturated carbocycles. The van der Waals surface area contributed by atoms with Crippen LogP contribution < -0.4 is 9.47 Å². The van der Waals surface area contributed by atoms with Gasteiger partial charge < -0.3 is 9.47 Å². The summed E-state index contributed by atoms with van der Waals surface area (Å²) in [6.45, 7) is 0. The highest BCUT2D eigenvalue weighted by Crippen LogP contribution is 2.31. The summed E-state index contributed by atoms with van der Waals surface area (Å²) >= 11 is 0. The third kappa shape index (κ3) is 1.80. The van der Waals surface area contributed by atoms with Gasteiger partial charge in [0.1, 0.15) is 17.6 Å². The summed E-state index contributed by atoms with van der Waals surface area (Å²) in [6.07, 6.45) is 2.47. The number of nitrogens with zero attached hydrogens (tertiary/aromatic N) is 1. The fourth-order valence-electron chi connectivity index (χ4n) is 1.18. The minimum atomic E-state index is 0.300. The number of ether oxygens (including phenoxy) is 2. The second kappa shape index (κ2) is 3.59. The largest absolute Gasteiger partial charge is 0.497 e. The predicted molar refractivity (Wildman–Crippen MR) is 51.4 cm³/mol. The zero-order chi connectivity index (χ0) is 9.97. The molecule has 0 atom stereocenters. The van der Waals surface area contributed by atoms with Crippen LogP contribution in [0.5, 0.6) is 11.5 Å². The van der Waals surface area contributed by atoms with Gasteiger partial charge in [0.25, 0.3) is 0 Å². The molecule has 0 heterocycles. The van der Waals surface area contributed by atoms with Gasteiger partial charge >= 0.3 is 0 Å². The van der Waals surface area contributed by atoms with Gasteiger partial charge in [-0.15, -0.1) is 0 Å².